The van der Waals surface area contributed by atoms with E-state index >= 15 is 0 Å². The molecule has 5 heteroatoms. The maximum atomic E-state index is 12.9. The first-order valence-electron chi connectivity index (χ1n) is 5.21. The van der Waals surface area contributed by atoms with Crippen LogP contribution in [0.4, 0.5) is 4.39 Å². The summed E-state index contributed by atoms with van der Waals surface area (Å²) in [5, 5.41) is 13.4. The molecule has 0 spiro atoms. The molecule has 17 heavy (non-hydrogen) atoms. The van der Waals surface area contributed by atoms with Gasteiger partial charge in [-0.3, -0.25) is 4.68 Å². The standard InChI is InChI=1S/C12H13FN2O2/c1-17-5-4-15-8-10(7-14-15)9-2-3-11(13)12(16)6-9/h2-3,6-8,16H,4-5H2,1H3. The lowest BCUT2D eigenvalue weighted by molar-refractivity contribution is 0.183. The molecule has 2 aromatic rings. The second-order valence-electron chi connectivity index (χ2n) is 3.65. The van der Waals surface area contributed by atoms with Gasteiger partial charge in [-0.25, -0.2) is 4.39 Å². The van der Waals surface area contributed by atoms with Gasteiger partial charge in [0.1, 0.15) is 0 Å². The Morgan fingerprint density at radius 2 is 2.24 bits per heavy atom. The van der Waals surface area contributed by atoms with E-state index in [2.05, 4.69) is 5.10 Å². The summed E-state index contributed by atoms with van der Waals surface area (Å²) in [5.41, 5.74) is 1.56. The van der Waals surface area contributed by atoms with Crippen LogP contribution in [0.2, 0.25) is 0 Å². The lowest BCUT2D eigenvalue weighted by atomic mass is 10.1. The third-order valence-electron chi connectivity index (χ3n) is 2.44. The van der Waals surface area contributed by atoms with Crippen LogP contribution >= 0.6 is 0 Å². The van der Waals surface area contributed by atoms with Crippen LogP contribution in [-0.2, 0) is 11.3 Å². The minimum Gasteiger partial charge on any atom is -0.505 e. The zero-order valence-electron chi connectivity index (χ0n) is 9.43. The minimum atomic E-state index is -0.625. The van der Waals surface area contributed by atoms with E-state index in [1.54, 1.807) is 24.1 Å². The Balaban J connectivity index is 2.21. The molecule has 0 unspecified atom stereocenters. The average molecular weight is 236 g/mol. The molecule has 0 saturated heterocycles. The number of rotatable bonds is 4. The highest BCUT2D eigenvalue weighted by Crippen LogP contribution is 2.24. The van der Waals surface area contributed by atoms with Gasteiger partial charge in [0.2, 0.25) is 0 Å². The number of benzene rings is 1. The van der Waals surface area contributed by atoms with Crippen LogP contribution in [0.15, 0.2) is 30.6 Å². The molecule has 2 rings (SSSR count). The Hall–Kier alpha value is -1.88. The molecule has 0 aliphatic heterocycles. The Labute approximate surface area is 98.3 Å². The molecule has 4 nitrogen and oxygen atoms in total. The first-order valence-corrected chi connectivity index (χ1v) is 5.21. The van der Waals surface area contributed by atoms with Crippen LogP contribution in [0.3, 0.4) is 0 Å². The number of phenolic OH excluding ortho intramolecular Hbond substituents is 1. The molecule has 0 aliphatic carbocycles. The first-order chi connectivity index (χ1) is 8.20. The largest absolute Gasteiger partial charge is 0.505 e. The van der Waals surface area contributed by atoms with Gasteiger partial charge in [0, 0.05) is 18.9 Å². The van der Waals surface area contributed by atoms with Gasteiger partial charge in [-0.05, 0) is 17.7 Å². The van der Waals surface area contributed by atoms with Crippen LogP contribution in [0.1, 0.15) is 0 Å². The topological polar surface area (TPSA) is 47.3 Å². The summed E-state index contributed by atoms with van der Waals surface area (Å²) >= 11 is 0. The van der Waals surface area contributed by atoms with Gasteiger partial charge in [0.05, 0.1) is 19.3 Å². The molecule has 1 N–H and O–H groups in total. The van der Waals surface area contributed by atoms with E-state index in [1.807, 2.05) is 6.20 Å². The maximum absolute atomic E-state index is 12.9. The highest BCUT2D eigenvalue weighted by molar-refractivity contribution is 5.63. The molecule has 1 aromatic heterocycles. The molecule has 90 valence electrons. The lowest BCUT2D eigenvalue weighted by Crippen LogP contribution is -2.03. The molecule has 1 heterocycles. The van der Waals surface area contributed by atoms with E-state index in [4.69, 9.17) is 4.74 Å². The van der Waals surface area contributed by atoms with E-state index in [-0.39, 0.29) is 5.75 Å². The van der Waals surface area contributed by atoms with Crippen molar-refractivity contribution in [2.75, 3.05) is 13.7 Å². The lowest BCUT2D eigenvalue weighted by Gasteiger charge is -2.00. The number of hydrogen-bond donors (Lipinski definition) is 1. The van der Waals surface area contributed by atoms with Gasteiger partial charge in [-0.1, -0.05) is 6.07 Å². The zero-order valence-corrected chi connectivity index (χ0v) is 9.43. The fourth-order valence-electron chi connectivity index (χ4n) is 1.51. The minimum absolute atomic E-state index is 0.354. The van der Waals surface area contributed by atoms with Gasteiger partial charge in [0.25, 0.3) is 0 Å². The van der Waals surface area contributed by atoms with Crippen molar-refractivity contribution in [3.63, 3.8) is 0 Å². The Morgan fingerprint density at radius 3 is 2.94 bits per heavy atom. The SMILES string of the molecule is COCCn1cc(-c2ccc(F)c(O)c2)cn1. The highest BCUT2D eigenvalue weighted by Gasteiger charge is 2.05. The average Bonchev–Trinajstić information content (AvgIpc) is 2.79. The predicted molar refractivity (Wildman–Crippen MR) is 61.2 cm³/mol. The number of nitrogens with zero attached hydrogens (tertiary/aromatic N) is 2. The van der Waals surface area contributed by atoms with Gasteiger partial charge < -0.3 is 9.84 Å². The predicted octanol–water partition coefficient (Wildman–Crippen LogP) is 2.04. The number of phenols is 1. The van der Waals surface area contributed by atoms with E-state index in [9.17, 15) is 9.50 Å². The fourth-order valence-corrected chi connectivity index (χ4v) is 1.51. The molecule has 1 aromatic carbocycles. The summed E-state index contributed by atoms with van der Waals surface area (Å²) in [7, 11) is 1.63. The summed E-state index contributed by atoms with van der Waals surface area (Å²) in [5.74, 6) is -0.979. The third-order valence-corrected chi connectivity index (χ3v) is 2.44. The normalized spacial score (nSPS) is 10.7. The van der Waals surface area contributed by atoms with Gasteiger partial charge in [0.15, 0.2) is 11.6 Å². The number of aromatic nitrogens is 2. The van der Waals surface area contributed by atoms with Crippen molar-refractivity contribution in [2.24, 2.45) is 0 Å². The molecular formula is C12H13FN2O2. The molecule has 0 bridgehead atoms. The van der Waals surface area contributed by atoms with E-state index in [0.29, 0.717) is 13.2 Å². The van der Waals surface area contributed by atoms with Crippen LogP contribution in [0, 0.1) is 5.82 Å². The third kappa shape index (κ3) is 2.62. The monoisotopic (exact) mass is 236 g/mol. The molecule has 0 aliphatic rings. The second kappa shape index (κ2) is 4.97. The van der Waals surface area contributed by atoms with Crippen molar-refractivity contribution in [3.05, 3.63) is 36.4 Å². The van der Waals surface area contributed by atoms with Crippen LogP contribution < -0.4 is 0 Å². The number of ether oxygens (including phenoxy) is 1. The molecule has 0 saturated carbocycles. The summed E-state index contributed by atoms with van der Waals surface area (Å²) < 4.78 is 19.6. The van der Waals surface area contributed by atoms with Crippen molar-refractivity contribution < 1.29 is 14.2 Å². The summed E-state index contributed by atoms with van der Waals surface area (Å²) in [6.45, 7) is 1.24. The van der Waals surface area contributed by atoms with Crippen LogP contribution in [-0.4, -0.2) is 28.6 Å². The van der Waals surface area contributed by atoms with E-state index in [1.165, 1.54) is 12.1 Å². The van der Waals surface area contributed by atoms with E-state index < -0.39 is 5.82 Å². The van der Waals surface area contributed by atoms with Crippen molar-refractivity contribution in [1.29, 1.82) is 0 Å². The van der Waals surface area contributed by atoms with Crippen molar-refractivity contribution >= 4 is 0 Å². The fraction of sp³-hybridized carbons (Fsp3) is 0.250. The van der Waals surface area contributed by atoms with Gasteiger partial charge >= 0.3 is 0 Å². The molecule has 0 amide bonds. The number of methoxy groups -OCH3 is 1. The summed E-state index contributed by atoms with van der Waals surface area (Å²) in [6, 6.07) is 4.22. The number of hydrogen-bond acceptors (Lipinski definition) is 3. The van der Waals surface area contributed by atoms with E-state index in [0.717, 1.165) is 11.1 Å². The summed E-state index contributed by atoms with van der Waals surface area (Å²) in [4.78, 5) is 0. The van der Waals surface area contributed by atoms with Crippen molar-refractivity contribution in [2.45, 2.75) is 6.54 Å². The smallest absolute Gasteiger partial charge is 0.164 e. The molecule has 0 atom stereocenters. The Bertz CT molecular complexity index is 511. The van der Waals surface area contributed by atoms with Crippen molar-refractivity contribution in [1.82, 2.24) is 9.78 Å². The maximum Gasteiger partial charge on any atom is 0.164 e. The Morgan fingerprint density at radius 1 is 1.41 bits per heavy atom. The van der Waals surface area contributed by atoms with Crippen LogP contribution in [0.5, 0.6) is 5.75 Å². The van der Waals surface area contributed by atoms with Gasteiger partial charge in [-0.2, -0.15) is 5.10 Å². The number of halogens is 1. The quantitative estimate of drug-likeness (QED) is 0.883. The zero-order chi connectivity index (χ0) is 12.3. The highest BCUT2D eigenvalue weighted by atomic mass is 19.1. The summed E-state index contributed by atoms with van der Waals surface area (Å²) in [6.07, 6.45) is 3.49. The molecule has 0 radical (unpaired) electrons. The first kappa shape index (κ1) is 11.6. The molecule has 0 fully saturated rings. The molecular weight excluding hydrogens is 223 g/mol. The number of aromatic hydroxyl groups is 1. The van der Waals surface area contributed by atoms with Crippen molar-refractivity contribution in [3.8, 4) is 16.9 Å². The van der Waals surface area contributed by atoms with Gasteiger partial charge in [-0.15, -0.1) is 0 Å². The Kier molecular flexibility index (Phi) is 3.39. The second-order valence-corrected chi connectivity index (χ2v) is 3.65. The van der Waals surface area contributed by atoms with Crippen LogP contribution in [0.25, 0.3) is 11.1 Å².